The second-order valence-corrected chi connectivity index (χ2v) is 6.25. The van der Waals surface area contributed by atoms with Gasteiger partial charge in [-0.1, -0.05) is 6.07 Å². The summed E-state index contributed by atoms with van der Waals surface area (Å²) in [5.41, 5.74) is 0.726. The topological polar surface area (TPSA) is 58.1 Å². The number of halogens is 1. The molecule has 0 aliphatic carbocycles. The number of nitrogens with zero attached hydrogens (tertiary/aromatic N) is 3. The van der Waals surface area contributed by atoms with Crippen LogP contribution < -0.4 is 5.32 Å². The SMILES string of the molecule is CN1CCC(Cc2cccc(NC(=O)c3ncccc3F)n2)CC1. The van der Waals surface area contributed by atoms with Crippen molar-refractivity contribution in [1.29, 1.82) is 0 Å². The summed E-state index contributed by atoms with van der Waals surface area (Å²) in [6, 6.07) is 8.20. The third-order valence-corrected chi connectivity index (χ3v) is 4.36. The molecule has 126 valence electrons. The molecule has 1 N–H and O–H groups in total. The van der Waals surface area contributed by atoms with Crippen molar-refractivity contribution in [1.82, 2.24) is 14.9 Å². The van der Waals surface area contributed by atoms with Gasteiger partial charge >= 0.3 is 0 Å². The number of pyridine rings is 2. The van der Waals surface area contributed by atoms with E-state index in [2.05, 4.69) is 27.2 Å². The Morgan fingerprint density at radius 2 is 2.08 bits per heavy atom. The van der Waals surface area contributed by atoms with Gasteiger partial charge in [0.25, 0.3) is 5.91 Å². The third-order valence-electron chi connectivity index (χ3n) is 4.36. The number of rotatable bonds is 4. The number of carbonyl (C=O) groups is 1. The highest BCUT2D eigenvalue weighted by molar-refractivity contribution is 6.02. The maximum atomic E-state index is 13.6. The fourth-order valence-electron chi connectivity index (χ4n) is 2.95. The van der Waals surface area contributed by atoms with E-state index in [0.717, 1.165) is 38.0 Å². The van der Waals surface area contributed by atoms with Crippen LogP contribution in [0.4, 0.5) is 10.2 Å². The molecular weight excluding hydrogens is 307 g/mol. The van der Waals surface area contributed by atoms with Gasteiger partial charge < -0.3 is 10.2 Å². The standard InChI is InChI=1S/C18H21FN4O/c1-23-10-7-13(8-11-23)12-14-4-2-6-16(21-14)22-18(24)17-15(19)5-3-9-20-17/h2-6,9,13H,7-8,10-12H2,1H3,(H,21,22,24). The Hall–Kier alpha value is -2.34. The molecule has 0 aromatic carbocycles. The average molecular weight is 328 g/mol. The van der Waals surface area contributed by atoms with Gasteiger partial charge in [-0.3, -0.25) is 4.79 Å². The Bertz CT molecular complexity index is 714. The van der Waals surface area contributed by atoms with Crippen LogP contribution in [0.1, 0.15) is 29.0 Å². The molecule has 0 radical (unpaired) electrons. The molecule has 2 aromatic rings. The van der Waals surface area contributed by atoms with Crippen LogP contribution >= 0.6 is 0 Å². The van der Waals surface area contributed by atoms with Crippen molar-refractivity contribution in [2.45, 2.75) is 19.3 Å². The van der Waals surface area contributed by atoms with Gasteiger partial charge in [0.15, 0.2) is 11.5 Å². The highest BCUT2D eigenvalue weighted by atomic mass is 19.1. The molecule has 3 rings (SSSR count). The first-order valence-corrected chi connectivity index (χ1v) is 8.18. The Morgan fingerprint density at radius 3 is 2.83 bits per heavy atom. The van der Waals surface area contributed by atoms with Gasteiger partial charge in [0.2, 0.25) is 0 Å². The van der Waals surface area contributed by atoms with Crippen LogP contribution in [0.2, 0.25) is 0 Å². The van der Waals surface area contributed by atoms with E-state index in [-0.39, 0.29) is 5.69 Å². The minimum Gasteiger partial charge on any atom is -0.306 e. The van der Waals surface area contributed by atoms with Crippen LogP contribution in [0.3, 0.4) is 0 Å². The van der Waals surface area contributed by atoms with Gasteiger partial charge in [-0.15, -0.1) is 0 Å². The summed E-state index contributed by atoms with van der Waals surface area (Å²) in [6.45, 7) is 2.22. The van der Waals surface area contributed by atoms with Crippen molar-refractivity contribution >= 4 is 11.7 Å². The summed E-state index contributed by atoms with van der Waals surface area (Å²) in [7, 11) is 2.14. The molecule has 1 amide bonds. The van der Waals surface area contributed by atoms with Crippen LogP contribution in [0.15, 0.2) is 36.5 Å². The van der Waals surface area contributed by atoms with Crippen molar-refractivity contribution < 1.29 is 9.18 Å². The molecule has 1 saturated heterocycles. The summed E-state index contributed by atoms with van der Waals surface area (Å²) in [6.07, 6.45) is 4.61. The Morgan fingerprint density at radius 1 is 1.29 bits per heavy atom. The van der Waals surface area contributed by atoms with Crippen molar-refractivity contribution in [2.75, 3.05) is 25.5 Å². The fourth-order valence-corrected chi connectivity index (χ4v) is 2.95. The molecule has 2 aromatic heterocycles. The van der Waals surface area contributed by atoms with E-state index in [1.807, 2.05) is 12.1 Å². The number of hydrogen-bond acceptors (Lipinski definition) is 4. The number of carbonyl (C=O) groups excluding carboxylic acids is 1. The van der Waals surface area contributed by atoms with E-state index in [1.165, 1.54) is 18.3 Å². The summed E-state index contributed by atoms with van der Waals surface area (Å²) in [5.74, 6) is -0.183. The number of nitrogens with one attached hydrogen (secondary N) is 1. The summed E-state index contributed by atoms with van der Waals surface area (Å²) in [5, 5.41) is 2.62. The van der Waals surface area contributed by atoms with Gasteiger partial charge in [-0.05, 0) is 69.6 Å². The average Bonchev–Trinajstić information content (AvgIpc) is 2.58. The summed E-state index contributed by atoms with van der Waals surface area (Å²) >= 11 is 0. The molecule has 1 aliphatic rings. The van der Waals surface area contributed by atoms with Crippen LogP contribution in [0.5, 0.6) is 0 Å². The summed E-state index contributed by atoms with van der Waals surface area (Å²) in [4.78, 5) is 22.7. The first-order valence-electron chi connectivity index (χ1n) is 8.18. The van der Waals surface area contributed by atoms with Crippen LogP contribution in [0.25, 0.3) is 0 Å². The van der Waals surface area contributed by atoms with Crippen LogP contribution in [0, 0.1) is 11.7 Å². The number of amides is 1. The number of piperidine rings is 1. The maximum absolute atomic E-state index is 13.6. The monoisotopic (exact) mass is 328 g/mol. The van der Waals surface area contributed by atoms with Gasteiger partial charge in [0.05, 0.1) is 0 Å². The molecule has 0 spiro atoms. The van der Waals surface area contributed by atoms with E-state index in [0.29, 0.717) is 11.7 Å². The van der Waals surface area contributed by atoms with Crippen molar-refractivity contribution in [3.63, 3.8) is 0 Å². The van der Waals surface area contributed by atoms with Crippen LogP contribution in [-0.2, 0) is 6.42 Å². The highest BCUT2D eigenvalue weighted by Crippen LogP contribution is 2.20. The first-order chi connectivity index (χ1) is 11.6. The van der Waals surface area contributed by atoms with Gasteiger partial charge in [-0.25, -0.2) is 14.4 Å². The lowest BCUT2D eigenvalue weighted by atomic mass is 9.92. The van der Waals surface area contributed by atoms with Gasteiger partial charge in [0.1, 0.15) is 5.82 Å². The zero-order valence-electron chi connectivity index (χ0n) is 13.7. The van der Waals surface area contributed by atoms with Crippen LogP contribution in [-0.4, -0.2) is 40.9 Å². The van der Waals surface area contributed by atoms with E-state index in [4.69, 9.17) is 0 Å². The molecule has 5 nitrogen and oxygen atoms in total. The van der Waals surface area contributed by atoms with Crippen molar-refractivity contribution in [2.24, 2.45) is 5.92 Å². The zero-order valence-corrected chi connectivity index (χ0v) is 13.7. The number of aromatic nitrogens is 2. The third kappa shape index (κ3) is 4.14. The molecule has 0 bridgehead atoms. The van der Waals surface area contributed by atoms with E-state index in [9.17, 15) is 9.18 Å². The van der Waals surface area contributed by atoms with E-state index in [1.54, 1.807) is 6.07 Å². The molecule has 0 unspecified atom stereocenters. The first kappa shape index (κ1) is 16.5. The molecular formula is C18H21FN4O. The van der Waals surface area contributed by atoms with E-state index < -0.39 is 11.7 Å². The predicted octanol–water partition coefficient (Wildman–Crippen LogP) is 2.75. The largest absolute Gasteiger partial charge is 0.306 e. The number of anilines is 1. The molecule has 24 heavy (non-hydrogen) atoms. The number of hydrogen-bond donors (Lipinski definition) is 1. The molecule has 0 atom stereocenters. The Labute approximate surface area is 140 Å². The lowest BCUT2D eigenvalue weighted by Crippen LogP contribution is -2.31. The Kier molecular flexibility index (Phi) is 5.15. The highest BCUT2D eigenvalue weighted by Gasteiger charge is 2.18. The lowest BCUT2D eigenvalue weighted by Gasteiger charge is -2.28. The Balaban J connectivity index is 1.65. The predicted molar refractivity (Wildman–Crippen MR) is 90.3 cm³/mol. The molecule has 1 fully saturated rings. The molecule has 1 aliphatic heterocycles. The zero-order chi connectivity index (χ0) is 16.9. The second-order valence-electron chi connectivity index (χ2n) is 6.25. The van der Waals surface area contributed by atoms with Crippen molar-refractivity contribution in [3.05, 3.63) is 53.7 Å². The maximum Gasteiger partial charge on any atom is 0.278 e. The second kappa shape index (κ2) is 7.49. The van der Waals surface area contributed by atoms with Gasteiger partial charge in [-0.2, -0.15) is 0 Å². The van der Waals surface area contributed by atoms with Crippen molar-refractivity contribution in [3.8, 4) is 0 Å². The van der Waals surface area contributed by atoms with E-state index >= 15 is 0 Å². The quantitative estimate of drug-likeness (QED) is 0.937. The number of likely N-dealkylation sites (tertiary alicyclic amines) is 1. The molecule has 0 saturated carbocycles. The van der Waals surface area contributed by atoms with Gasteiger partial charge in [0, 0.05) is 11.9 Å². The smallest absolute Gasteiger partial charge is 0.278 e. The normalized spacial score (nSPS) is 16.1. The minimum absolute atomic E-state index is 0.222. The lowest BCUT2D eigenvalue weighted by molar-refractivity contribution is 0.101. The summed E-state index contributed by atoms with van der Waals surface area (Å²) < 4.78 is 13.6. The fraction of sp³-hybridized carbons (Fsp3) is 0.389. The molecule has 6 heteroatoms. The molecule has 3 heterocycles. The minimum atomic E-state index is -0.641.